The molecule has 0 radical (unpaired) electrons. The summed E-state index contributed by atoms with van der Waals surface area (Å²) in [5.74, 6) is -0.388. The summed E-state index contributed by atoms with van der Waals surface area (Å²) < 4.78 is 25.0. The van der Waals surface area contributed by atoms with Crippen LogP contribution in [0.25, 0.3) is 0 Å². The number of rotatable bonds is 6. The predicted molar refractivity (Wildman–Crippen MR) is 94.9 cm³/mol. The first kappa shape index (κ1) is 19.0. The molecule has 25 heavy (non-hydrogen) atoms. The van der Waals surface area contributed by atoms with E-state index in [4.69, 9.17) is 4.84 Å². The number of hydrogen-bond acceptors (Lipinski definition) is 5. The molecule has 0 saturated heterocycles. The molecule has 1 aromatic carbocycles. The largest absolute Gasteiger partial charge is 0.408 e. The lowest BCUT2D eigenvalue weighted by Gasteiger charge is -2.16. The van der Waals surface area contributed by atoms with Crippen LogP contribution in [0.1, 0.15) is 36.5 Å². The van der Waals surface area contributed by atoms with Crippen molar-refractivity contribution in [2.75, 3.05) is 12.9 Å². The fourth-order valence-corrected chi connectivity index (χ4v) is 3.78. The zero-order chi connectivity index (χ0) is 18.8. The monoisotopic (exact) mass is 366 g/mol. The Balaban J connectivity index is 2.42. The summed E-state index contributed by atoms with van der Waals surface area (Å²) in [7, 11) is -3.84. The first-order valence-corrected chi connectivity index (χ1v) is 9.78. The van der Waals surface area contributed by atoms with Gasteiger partial charge in [-0.2, -0.15) is 0 Å². The molecule has 8 heteroatoms. The Hall–Kier alpha value is -2.35. The molecule has 136 valence electrons. The molecule has 1 aromatic heterocycles. The van der Waals surface area contributed by atoms with Crippen LogP contribution in [0.5, 0.6) is 0 Å². The topological polar surface area (TPSA) is 98.2 Å². The molecule has 7 nitrogen and oxygen atoms in total. The molecule has 0 atom stereocenters. The summed E-state index contributed by atoms with van der Waals surface area (Å²) in [4.78, 5) is 31.7. The molecule has 0 unspecified atom stereocenters. The fourth-order valence-electron chi connectivity index (χ4n) is 2.61. The molecular weight excluding hydrogens is 344 g/mol. The van der Waals surface area contributed by atoms with Crippen molar-refractivity contribution in [3.63, 3.8) is 0 Å². The van der Waals surface area contributed by atoms with E-state index in [-0.39, 0.29) is 23.1 Å². The lowest BCUT2D eigenvalue weighted by molar-refractivity contribution is 0.0791. The zero-order valence-electron chi connectivity index (χ0n) is 14.7. The summed E-state index contributed by atoms with van der Waals surface area (Å²) in [6.45, 7) is 5.42. The van der Waals surface area contributed by atoms with Gasteiger partial charge in [-0.1, -0.05) is 43.7 Å². The predicted octanol–water partition coefficient (Wildman–Crippen LogP) is 1.04. The van der Waals surface area contributed by atoms with Crippen molar-refractivity contribution in [2.45, 2.75) is 38.1 Å². The van der Waals surface area contributed by atoms with Crippen LogP contribution in [0.15, 0.2) is 38.9 Å². The van der Waals surface area contributed by atoms with E-state index in [0.717, 1.165) is 17.4 Å². The number of sulfone groups is 1. The Morgan fingerprint density at radius 1 is 1.24 bits per heavy atom. The Morgan fingerprint density at radius 2 is 1.92 bits per heavy atom. The average Bonchev–Trinajstić information content (AvgIpc) is 2.47. The Labute approximate surface area is 146 Å². The molecular formula is C17H22N2O5S. The highest BCUT2D eigenvalue weighted by molar-refractivity contribution is 7.90. The maximum atomic E-state index is 12.2. The van der Waals surface area contributed by atoms with Gasteiger partial charge in [0.2, 0.25) is 0 Å². The quantitative estimate of drug-likeness (QED) is 0.771. The van der Waals surface area contributed by atoms with E-state index in [1.807, 2.05) is 31.2 Å². The minimum Gasteiger partial charge on any atom is -0.408 e. The number of aryl methyl sites for hydroxylation is 1. The summed E-state index contributed by atoms with van der Waals surface area (Å²) in [5, 5.41) is -0.388. The Kier molecular flexibility index (Phi) is 5.52. The highest BCUT2D eigenvalue weighted by Crippen LogP contribution is 2.18. The van der Waals surface area contributed by atoms with Gasteiger partial charge in [0, 0.05) is 12.7 Å². The van der Waals surface area contributed by atoms with Gasteiger partial charge in [0.15, 0.2) is 14.9 Å². The van der Waals surface area contributed by atoms with Crippen molar-refractivity contribution in [3.05, 3.63) is 61.8 Å². The maximum Gasteiger partial charge on any atom is 0.362 e. The second-order valence-electron chi connectivity index (χ2n) is 6.27. The van der Waals surface area contributed by atoms with E-state index in [9.17, 15) is 18.0 Å². The van der Waals surface area contributed by atoms with Crippen LogP contribution in [0, 0.1) is 6.92 Å². The fraction of sp³-hybridized carbons (Fsp3) is 0.412. The van der Waals surface area contributed by atoms with Crippen molar-refractivity contribution < 1.29 is 13.3 Å². The molecule has 0 aliphatic heterocycles. The number of hydrogen-bond donors (Lipinski definition) is 1. The van der Waals surface area contributed by atoms with Crippen molar-refractivity contribution in [3.8, 4) is 0 Å². The van der Waals surface area contributed by atoms with Gasteiger partial charge in [-0.25, -0.2) is 13.2 Å². The van der Waals surface area contributed by atoms with Gasteiger partial charge >= 0.3 is 5.69 Å². The first-order valence-electron chi connectivity index (χ1n) is 7.89. The second-order valence-corrected chi connectivity index (χ2v) is 8.20. The molecule has 0 aliphatic carbocycles. The highest BCUT2D eigenvalue weighted by atomic mass is 32.2. The summed E-state index contributed by atoms with van der Waals surface area (Å²) in [6.07, 6.45) is 1.45. The van der Waals surface area contributed by atoms with Crippen LogP contribution in [-0.2, 0) is 16.3 Å². The molecule has 0 aliphatic rings. The highest BCUT2D eigenvalue weighted by Gasteiger charge is 2.26. The SMILES string of the molecule is Cc1cccc(CCOn2c(S(C)(=O)=O)c(C(C)C)c(=O)[nH]c2=O)c1. The number of benzene rings is 1. The number of nitrogens with zero attached hydrogens (tertiary/aromatic N) is 1. The third-order valence-corrected chi connectivity index (χ3v) is 4.77. The molecule has 1 heterocycles. The van der Waals surface area contributed by atoms with Crippen molar-refractivity contribution >= 4 is 9.84 Å². The van der Waals surface area contributed by atoms with Crippen molar-refractivity contribution in [2.24, 2.45) is 0 Å². The van der Waals surface area contributed by atoms with E-state index in [1.165, 1.54) is 0 Å². The zero-order valence-corrected chi connectivity index (χ0v) is 15.5. The molecule has 0 fully saturated rings. The van der Waals surface area contributed by atoms with Crippen molar-refractivity contribution in [1.29, 1.82) is 0 Å². The molecule has 0 bridgehead atoms. The van der Waals surface area contributed by atoms with Gasteiger partial charge in [0.25, 0.3) is 5.56 Å². The summed E-state index contributed by atoms with van der Waals surface area (Å²) in [5.41, 5.74) is 0.496. The third kappa shape index (κ3) is 4.39. The van der Waals surface area contributed by atoms with E-state index in [1.54, 1.807) is 13.8 Å². The van der Waals surface area contributed by atoms with Gasteiger partial charge in [-0.3, -0.25) is 9.78 Å². The number of aromatic amines is 1. The van der Waals surface area contributed by atoms with Crippen LogP contribution < -0.4 is 16.1 Å². The van der Waals surface area contributed by atoms with Gasteiger partial charge < -0.3 is 4.84 Å². The number of H-pyrrole nitrogens is 1. The van der Waals surface area contributed by atoms with Crippen molar-refractivity contribution in [1.82, 2.24) is 9.71 Å². The third-order valence-electron chi connectivity index (χ3n) is 3.69. The van der Waals surface area contributed by atoms with Crippen LogP contribution in [-0.4, -0.2) is 31.0 Å². The molecule has 0 amide bonds. The first-order chi connectivity index (χ1) is 11.6. The summed E-state index contributed by atoms with van der Waals surface area (Å²) in [6, 6.07) is 7.78. The van der Waals surface area contributed by atoms with E-state index in [2.05, 4.69) is 4.98 Å². The Morgan fingerprint density at radius 3 is 2.48 bits per heavy atom. The smallest absolute Gasteiger partial charge is 0.362 e. The molecule has 2 aromatic rings. The van der Waals surface area contributed by atoms with Crippen LogP contribution in [0.3, 0.4) is 0 Å². The Bertz CT molecular complexity index is 987. The van der Waals surface area contributed by atoms with Gasteiger partial charge in [0.05, 0.1) is 5.56 Å². The van der Waals surface area contributed by atoms with Crippen LogP contribution in [0.4, 0.5) is 0 Å². The summed E-state index contributed by atoms with van der Waals surface area (Å²) >= 11 is 0. The minimum absolute atomic E-state index is 0.0117. The van der Waals surface area contributed by atoms with Gasteiger partial charge in [-0.15, -0.1) is 4.73 Å². The van der Waals surface area contributed by atoms with E-state index < -0.39 is 21.1 Å². The number of nitrogens with one attached hydrogen (secondary N) is 1. The van der Waals surface area contributed by atoms with E-state index >= 15 is 0 Å². The molecule has 2 rings (SSSR count). The average molecular weight is 366 g/mol. The molecule has 0 spiro atoms. The van der Waals surface area contributed by atoms with Crippen LogP contribution >= 0.6 is 0 Å². The second kappa shape index (κ2) is 7.26. The van der Waals surface area contributed by atoms with Gasteiger partial charge in [0.1, 0.15) is 6.61 Å². The van der Waals surface area contributed by atoms with Gasteiger partial charge in [-0.05, 0) is 18.4 Å². The molecule has 1 N–H and O–H groups in total. The standard InChI is InChI=1S/C17H22N2O5S/c1-11(2)14-15(20)18-17(21)19(16(14)25(4,22)23)24-9-8-13-7-5-6-12(3)10-13/h5-7,10-11H,8-9H2,1-4H3,(H,18,20,21). The van der Waals surface area contributed by atoms with E-state index in [0.29, 0.717) is 11.2 Å². The van der Waals surface area contributed by atoms with Crippen LogP contribution in [0.2, 0.25) is 0 Å². The normalized spacial score (nSPS) is 11.7. The minimum atomic E-state index is -3.84. The number of aromatic nitrogens is 2. The lowest BCUT2D eigenvalue weighted by Crippen LogP contribution is -2.40. The maximum absolute atomic E-state index is 12.2. The lowest BCUT2D eigenvalue weighted by atomic mass is 10.1. The molecule has 0 saturated carbocycles.